The number of halogens is 1. The van der Waals surface area contributed by atoms with E-state index in [-0.39, 0.29) is 0 Å². The second-order valence-electron chi connectivity index (χ2n) is 3.35. The van der Waals surface area contributed by atoms with E-state index in [0.29, 0.717) is 0 Å². The van der Waals surface area contributed by atoms with E-state index in [9.17, 15) is 0 Å². The van der Waals surface area contributed by atoms with E-state index < -0.39 is 0 Å². The topological polar surface area (TPSA) is 26.0 Å². The summed E-state index contributed by atoms with van der Waals surface area (Å²) in [5.41, 5.74) is 9.70. The number of thiophene rings is 1. The van der Waals surface area contributed by atoms with E-state index in [1.807, 2.05) is 0 Å². The summed E-state index contributed by atoms with van der Waals surface area (Å²) in [4.78, 5) is 0. The van der Waals surface area contributed by atoms with Gasteiger partial charge < -0.3 is 5.73 Å². The van der Waals surface area contributed by atoms with Crippen molar-refractivity contribution in [1.82, 2.24) is 0 Å². The Morgan fingerprint density at radius 1 is 1.27 bits per heavy atom. The predicted octanol–water partition coefficient (Wildman–Crippen LogP) is 4.32. The van der Waals surface area contributed by atoms with Gasteiger partial charge in [0.1, 0.15) is 0 Å². The summed E-state index contributed by atoms with van der Waals surface area (Å²) in [6.07, 6.45) is 0.987. The van der Waals surface area contributed by atoms with Crippen molar-refractivity contribution in [2.24, 2.45) is 0 Å². The zero-order valence-electron chi connectivity index (χ0n) is 8.46. The van der Waals surface area contributed by atoms with Crippen LogP contribution in [0.5, 0.6) is 0 Å². The third kappa shape index (κ3) is 2.08. The molecule has 0 saturated heterocycles. The maximum Gasteiger partial charge on any atom is 0.0895 e. The van der Waals surface area contributed by atoms with Crippen LogP contribution in [0.4, 0.5) is 5.00 Å². The van der Waals surface area contributed by atoms with Crippen molar-refractivity contribution in [3.8, 4) is 11.1 Å². The highest BCUT2D eigenvalue weighted by Crippen LogP contribution is 2.34. The molecule has 0 aliphatic rings. The molecule has 0 saturated carbocycles. The van der Waals surface area contributed by atoms with Crippen molar-refractivity contribution in [3.05, 3.63) is 39.7 Å². The van der Waals surface area contributed by atoms with E-state index in [1.54, 1.807) is 11.3 Å². The maximum atomic E-state index is 5.93. The van der Waals surface area contributed by atoms with Gasteiger partial charge in [-0.2, -0.15) is 0 Å². The molecule has 0 spiro atoms. The molecule has 0 unspecified atom stereocenters. The van der Waals surface area contributed by atoms with Crippen molar-refractivity contribution in [3.63, 3.8) is 0 Å². The largest absolute Gasteiger partial charge is 0.390 e. The molecule has 2 aromatic rings. The lowest BCUT2D eigenvalue weighted by atomic mass is 10.0. The highest BCUT2D eigenvalue weighted by atomic mass is 79.9. The van der Waals surface area contributed by atoms with Crippen molar-refractivity contribution in [1.29, 1.82) is 0 Å². The molecule has 0 amide bonds. The summed E-state index contributed by atoms with van der Waals surface area (Å²) in [6.45, 7) is 2.14. The highest BCUT2D eigenvalue weighted by molar-refractivity contribution is 9.10. The minimum atomic E-state index is 0.940. The minimum Gasteiger partial charge on any atom is -0.390 e. The number of hydrogen-bond donors (Lipinski definition) is 1. The van der Waals surface area contributed by atoms with Crippen LogP contribution in [-0.2, 0) is 6.42 Å². The van der Waals surface area contributed by atoms with E-state index in [0.717, 1.165) is 15.9 Å². The Morgan fingerprint density at radius 3 is 2.53 bits per heavy atom. The van der Waals surface area contributed by atoms with Crippen LogP contribution < -0.4 is 5.73 Å². The van der Waals surface area contributed by atoms with Crippen molar-refractivity contribution in [2.75, 3.05) is 5.73 Å². The molecule has 0 radical (unpaired) electrons. The number of nitrogen functional groups attached to an aromatic ring is 1. The van der Waals surface area contributed by atoms with Gasteiger partial charge in [0.25, 0.3) is 0 Å². The maximum absolute atomic E-state index is 5.93. The van der Waals surface area contributed by atoms with Crippen LogP contribution in [0.25, 0.3) is 11.1 Å². The molecule has 78 valence electrons. The number of rotatable bonds is 2. The Balaban J connectivity index is 2.49. The van der Waals surface area contributed by atoms with Gasteiger partial charge >= 0.3 is 0 Å². The molecule has 0 aliphatic carbocycles. The fourth-order valence-corrected chi connectivity index (χ4v) is 2.82. The number of hydrogen-bond acceptors (Lipinski definition) is 2. The lowest BCUT2D eigenvalue weighted by molar-refractivity contribution is 1.16. The van der Waals surface area contributed by atoms with Gasteiger partial charge in [0.15, 0.2) is 0 Å². The first-order valence-electron chi connectivity index (χ1n) is 4.84. The first-order valence-corrected chi connectivity index (χ1v) is 6.51. The first kappa shape index (κ1) is 10.7. The first-order chi connectivity index (χ1) is 7.22. The molecule has 1 nitrogen and oxygen atoms in total. The second-order valence-corrected chi connectivity index (χ2v) is 5.18. The van der Waals surface area contributed by atoms with Crippen LogP contribution >= 0.6 is 27.3 Å². The molecular weight excluding hydrogens is 270 g/mol. The fraction of sp³-hybridized carbons (Fsp3) is 0.167. The quantitative estimate of drug-likeness (QED) is 0.872. The van der Waals surface area contributed by atoms with Crippen LogP contribution in [0.2, 0.25) is 0 Å². The van der Waals surface area contributed by atoms with Gasteiger partial charge in [-0.05, 0) is 35.2 Å². The Bertz CT molecular complexity index is 459. The van der Waals surface area contributed by atoms with E-state index in [1.165, 1.54) is 16.7 Å². The highest BCUT2D eigenvalue weighted by Gasteiger charge is 2.08. The summed E-state index contributed by atoms with van der Waals surface area (Å²) in [5, 5.41) is 3.08. The molecule has 0 aliphatic heterocycles. The fourth-order valence-electron chi connectivity index (χ4n) is 1.63. The molecule has 1 aromatic heterocycles. The van der Waals surface area contributed by atoms with Gasteiger partial charge in [-0.15, -0.1) is 11.3 Å². The molecule has 1 heterocycles. The smallest absolute Gasteiger partial charge is 0.0895 e. The summed E-state index contributed by atoms with van der Waals surface area (Å²) in [7, 11) is 0. The molecule has 3 heteroatoms. The summed E-state index contributed by atoms with van der Waals surface area (Å²) >= 11 is 5.06. The van der Waals surface area contributed by atoms with Gasteiger partial charge in [-0.1, -0.05) is 35.0 Å². The summed E-state index contributed by atoms with van der Waals surface area (Å²) < 4.78 is 1.10. The van der Waals surface area contributed by atoms with Gasteiger partial charge in [-0.3, -0.25) is 0 Å². The summed E-state index contributed by atoms with van der Waals surface area (Å²) in [5.74, 6) is 0. The zero-order valence-corrected chi connectivity index (χ0v) is 10.9. The predicted molar refractivity (Wildman–Crippen MR) is 71.2 cm³/mol. The normalized spacial score (nSPS) is 10.5. The third-order valence-corrected chi connectivity index (χ3v) is 3.82. The lowest BCUT2D eigenvalue weighted by Crippen LogP contribution is -1.88. The van der Waals surface area contributed by atoms with Crippen LogP contribution in [-0.4, -0.2) is 0 Å². The summed E-state index contributed by atoms with van der Waals surface area (Å²) in [6, 6.07) is 8.35. The number of anilines is 1. The molecule has 0 fully saturated rings. The van der Waals surface area contributed by atoms with Crippen LogP contribution in [0.1, 0.15) is 12.5 Å². The number of nitrogens with two attached hydrogens (primary N) is 1. The Labute approximate surface area is 102 Å². The molecule has 1 aromatic carbocycles. The van der Waals surface area contributed by atoms with E-state index >= 15 is 0 Å². The SMILES string of the molecule is CCc1c(-c2ccc(Br)cc2)csc1N. The van der Waals surface area contributed by atoms with Gasteiger partial charge in [-0.25, -0.2) is 0 Å². The van der Waals surface area contributed by atoms with Gasteiger partial charge in [0, 0.05) is 9.85 Å². The van der Waals surface area contributed by atoms with E-state index in [2.05, 4.69) is 52.5 Å². The molecule has 0 bridgehead atoms. The second kappa shape index (κ2) is 4.37. The van der Waals surface area contributed by atoms with Crippen LogP contribution in [0.15, 0.2) is 34.1 Å². The Hall–Kier alpha value is -0.800. The van der Waals surface area contributed by atoms with E-state index in [4.69, 9.17) is 5.73 Å². The van der Waals surface area contributed by atoms with Crippen LogP contribution in [0.3, 0.4) is 0 Å². The molecule has 0 atom stereocenters. The Morgan fingerprint density at radius 2 is 1.93 bits per heavy atom. The molecule has 2 N–H and O–H groups in total. The zero-order chi connectivity index (χ0) is 10.8. The lowest BCUT2D eigenvalue weighted by Gasteiger charge is -2.03. The average Bonchev–Trinajstić information content (AvgIpc) is 2.61. The number of benzene rings is 1. The standard InChI is InChI=1S/C12H12BrNS/c1-2-10-11(7-15-12(10)14)8-3-5-9(13)6-4-8/h3-7H,2,14H2,1H3. The third-order valence-electron chi connectivity index (χ3n) is 2.44. The van der Waals surface area contributed by atoms with Crippen LogP contribution in [0, 0.1) is 0 Å². The van der Waals surface area contributed by atoms with Crippen molar-refractivity contribution >= 4 is 32.3 Å². The molecule has 15 heavy (non-hydrogen) atoms. The molecule has 2 rings (SSSR count). The average molecular weight is 282 g/mol. The van der Waals surface area contributed by atoms with Crippen molar-refractivity contribution in [2.45, 2.75) is 13.3 Å². The monoisotopic (exact) mass is 281 g/mol. The minimum absolute atomic E-state index is 0.940. The Kier molecular flexibility index (Phi) is 3.12. The van der Waals surface area contributed by atoms with Gasteiger partial charge in [0.2, 0.25) is 0 Å². The molecular formula is C12H12BrNS. The van der Waals surface area contributed by atoms with Gasteiger partial charge in [0.05, 0.1) is 5.00 Å². The van der Waals surface area contributed by atoms with Crippen molar-refractivity contribution < 1.29 is 0 Å².